The van der Waals surface area contributed by atoms with Crippen LogP contribution in [0.2, 0.25) is 0 Å². The Morgan fingerprint density at radius 2 is 2.05 bits per heavy atom. The van der Waals surface area contributed by atoms with Gasteiger partial charge >= 0.3 is 0 Å². The van der Waals surface area contributed by atoms with E-state index in [1.807, 2.05) is 6.92 Å². The van der Waals surface area contributed by atoms with Crippen molar-refractivity contribution < 1.29 is 12.8 Å². The van der Waals surface area contributed by atoms with Gasteiger partial charge < -0.3 is 5.73 Å². The molecular formula is C14H16FN3O2S. The molecule has 112 valence electrons. The van der Waals surface area contributed by atoms with Crippen LogP contribution in [-0.2, 0) is 16.6 Å². The third-order valence-electron chi connectivity index (χ3n) is 3.20. The van der Waals surface area contributed by atoms with Gasteiger partial charge in [0.2, 0.25) is 10.0 Å². The molecule has 7 heteroatoms. The standard InChI is InChI=1S/C14H16FN3O2S/c1-9-7-17-4-3-11(9)8-18-21(19,20)14-6-12(16)5-13(15)10(14)2/h3-7,18H,8,16H2,1-2H3. The molecule has 0 atom stereocenters. The minimum Gasteiger partial charge on any atom is -0.399 e. The number of anilines is 1. The molecule has 0 aliphatic heterocycles. The third kappa shape index (κ3) is 3.37. The van der Waals surface area contributed by atoms with Crippen LogP contribution in [0.3, 0.4) is 0 Å². The number of nitrogens with zero attached hydrogens (tertiary/aromatic N) is 1. The number of halogens is 1. The number of pyridine rings is 1. The van der Waals surface area contributed by atoms with E-state index in [9.17, 15) is 12.8 Å². The van der Waals surface area contributed by atoms with E-state index >= 15 is 0 Å². The number of nitrogen functional groups attached to an aromatic ring is 1. The highest BCUT2D eigenvalue weighted by Gasteiger charge is 2.19. The molecule has 1 heterocycles. The van der Waals surface area contributed by atoms with Crippen LogP contribution in [0.25, 0.3) is 0 Å². The second-order valence-corrected chi connectivity index (χ2v) is 6.49. The molecule has 2 rings (SSSR count). The van der Waals surface area contributed by atoms with Crippen LogP contribution in [0, 0.1) is 19.7 Å². The predicted molar refractivity (Wildman–Crippen MR) is 78.5 cm³/mol. The molecule has 0 radical (unpaired) electrons. The molecule has 0 bridgehead atoms. The Labute approximate surface area is 123 Å². The summed E-state index contributed by atoms with van der Waals surface area (Å²) in [6.07, 6.45) is 3.23. The summed E-state index contributed by atoms with van der Waals surface area (Å²) in [5, 5.41) is 0. The lowest BCUT2D eigenvalue weighted by atomic mass is 10.2. The van der Waals surface area contributed by atoms with Gasteiger partial charge in [-0.05, 0) is 43.2 Å². The van der Waals surface area contributed by atoms with Gasteiger partial charge in [-0.1, -0.05) is 0 Å². The van der Waals surface area contributed by atoms with Crippen LogP contribution < -0.4 is 10.5 Å². The molecule has 3 N–H and O–H groups in total. The Hall–Kier alpha value is -1.99. The van der Waals surface area contributed by atoms with Gasteiger partial charge in [0.25, 0.3) is 0 Å². The Morgan fingerprint density at radius 1 is 1.33 bits per heavy atom. The summed E-state index contributed by atoms with van der Waals surface area (Å²) in [6.45, 7) is 3.34. The summed E-state index contributed by atoms with van der Waals surface area (Å²) in [6, 6.07) is 4.08. The van der Waals surface area contributed by atoms with Crippen LogP contribution >= 0.6 is 0 Å². The monoisotopic (exact) mass is 309 g/mol. The smallest absolute Gasteiger partial charge is 0.241 e. The number of hydrogen-bond donors (Lipinski definition) is 2. The number of nitrogens with one attached hydrogen (secondary N) is 1. The lowest BCUT2D eigenvalue weighted by Crippen LogP contribution is -2.25. The molecule has 0 unspecified atom stereocenters. The van der Waals surface area contributed by atoms with E-state index in [4.69, 9.17) is 5.73 Å². The second kappa shape index (κ2) is 5.79. The molecule has 1 aromatic carbocycles. The number of sulfonamides is 1. The highest BCUT2D eigenvalue weighted by Crippen LogP contribution is 2.22. The van der Waals surface area contributed by atoms with E-state index in [1.165, 1.54) is 13.0 Å². The normalized spacial score (nSPS) is 11.6. The van der Waals surface area contributed by atoms with Gasteiger partial charge in [-0.25, -0.2) is 17.5 Å². The lowest BCUT2D eigenvalue weighted by Gasteiger charge is -2.12. The number of rotatable bonds is 4. The molecule has 21 heavy (non-hydrogen) atoms. The van der Waals surface area contributed by atoms with Crippen LogP contribution in [0.1, 0.15) is 16.7 Å². The van der Waals surface area contributed by atoms with Crippen LogP contribution in [0.5, 0.6) is 0 Å². The molecule has 0 saturated heterocycles. The van der Waals surface area contributed by atoms with Crippen molar-refractivity contribution in [1.82, 2.24) is 9.71 Å². The SMILES string of the molecule is Cc1cnccc1CNS(=O)(=O)c1cc(N)cc(F)c1C. The molecule has 1 aromatic heterocycles. The Morgan fingerprint density at radius 3 is 2.71 bits per heavy atom. The van der Waals surface area contributed by atoms with E-state index < -0.39 is 15.8 Å². The molecule has 0 aliphatic rings. The van der Waals surface area contributed by atoms with Crippen molar-refractivity contribution in [1.29, 1.82) is 0 Å². The number of aryl methyl sites for hydroxylation is 1. The minimum absolute atomic E-state index is 0.0446. The van der Waals surface area contributed by atoms with Crippen molar-refractivity contribution in [3.05, 3.63) is 53.1 Å². The number of benzene rings is 1. The molecule has 0 aliphatic carbocycles. The summed E-state index contributed by atoms with van der Waals surface area (Å²) in [5.74, 6) is -0.643. The molecular weight excluding hydrogens is 293 g/mol. The Bertz CT molecular complexity index is 776. The second-order valence-electron chi connectivity index (χ2n) is 4.75. The maximum atomic E-state index is 13.6. The van der Waals surface area contributed by atoms with Crippen LogP contribution in [0.15, 0.2) is 35.5 Å². The first-order valence-electron chi connectivity index (χ1n) is 6.26. The van der Waals surface area contributed by atoms with Gasteiger partial charge in [0.15, 0.2) is 0 Å². The van der Waals surface area contributed by atoms with E-state index in [-0.39, 0.29) is 22.7 Å². The van der Waals surface area contributed by atoms with E-state index in [0.29, 0.717) is 0 Å². The first-order chi connectivity index (χ1) is 9.81. The van der Waals surface area contributed by atoms with Crippen molar-refractivity contribution in [3.63, 3.8) is 0 Å². The molecule has 0 spiro atoms. The first-order valence-corrected chi connectivity index (χ1v) is 7.74. The van der Waals surface area contributed by atoms with Crippen molar-refractivity contribution in [3.8, 4) is 0 Å². The van der Waals surface area contributed by atoms with Gasteiger partial charge in [-0.3, -0.25) is 4.98 Å². The molecule has 0 amide bonds. The fraction of sp³-hybridized carbons (Fsp3) is 0.214. The van der Waals surface area contributed by atoms with E-state index in [0.717, 1.165) is 17.2 Å². The molecule has 0 fully saturated rings. The Kier molecular flexibility index (Phi) is 4.24. The van der Waals surface area contributed by atoms with E-state index in [2.05, 4.69) is 9.71 Å². The van der Waals surface area contributed by atoms with Crippen molar-refractivity contribution in [2.45, 2.75) is 25.3 Å². The van der Waals surface area contributed by atoms with Crippen molar-refractivity contribution in [2.75, 3.05) is 5.73 Å². The summed E-state index contributed by atoms with van der Waals surface area (Å²) >= 11 is 0. The fourth-order valence-electron chi connectivity index (χ4n) is 1.90. The number of hydrogen-bond acceptors (Lipinski definition) is 4. The van der Waals surface area contributed by atoms with Gasteiger partial charge in [-0.15, -0.1) is 0 Å². The van der Waals surface area contributed by atoms with Gasteiger partial charge in [0.05, 0.1) is 4.90 Å². The van der Waals surface area contributed by atoms with Crippen LogP contribution in [0.4, 0.5) is 10.1 Å². The van der Waals surface area contributed by atoms with Gasteiger partial charge in [0, 0.05) is 30.2 Å². The summed E-state index contributed by atoms with van der Waals surface area (Å²) in [5.41, 5.74) is 7.30. The highest BCUT2D eigenvalue weighted by atomic mass is 32.2. The summed E-state index contributed by atoms with van der Waals surface area (Å²) in [7, 11) is -3.84. The zero-order valence-corrected chi connectivity index (χ0v) is 12.5. The highest BCUT2D eigenvalue weighted by molar-refractivity contribution is 7.89. The maximum absolute atomic E-state index is 13.6. The average Bonchev–Trinajstić information content (AvgIpc) is 2.42. The quantitative estimate of drug-likeness (QED) is 0.845. The number of aromatic nitrogens is 1. The van der Waals surface area contributed by atoms with Crippen LogP contribution in [-0.4, -0.2) is 13.4 Å². The zero-order valence-electron chi connectivity index (χ0n) is 11.7. The van der Waals surface area contributed by atoms with Gasteiger partial charge in [0.1, 0.15) is 5.82 Å². The Balaban J connectivity index is 2.30. The van der Waals surface area contributed by atoms with E-state index in [1.54, 1.807) is 18.5 Å². The van der Waals surface area contributed by atoms with Crippen molar-refractivity contribution >= 4 is 15.7 Å². The topological polar surface area (TPSA) is 85.1 Å². The maximum Gasteiger partial charge on any atom is 0.241 e. The summed E-state index contributed by atoms with van der Waals surface area (Å²) in [4.78, 5) is 3.79. The first kappa shape index (κ1) is 15.4. The largest absolute Gasteiger partial charge is 0.399 e. The third-order valence-corrected chi connectivity index (χ3v) is 4.73. The molecule has 2 aromatic rings. The summed E-state index contributed by atoms with van der Waals surface area (Å²) < 4.78 is 40.7. The fourth-order valence-corrected chi connectivity index (χ4v) is 3.20. The zero-order chi connectivity index (χ0) is 15.6. The average molecular weight is 309 g/mol. The molecule has 5 nitrogen and oxygen atoms in total. The molecule has 0 saturated carbocycles. The number of nitrogens with two attached hydrogens (primary N) is 1. The lowest BCUT2D eigenvalue weighted by molar-refractivity contribution is 0.574. The van der Waals surface area contributed by atoms with Crippen molar-refractivity contribution in [2.24, 2.45) is 0 Å². The van der Waals surface area contributed by atoms with Gasteiger partial charge in [-0.2, -0.15) is 0 Å². The predicted octanol–water partition coefficient (Wildman–Crippen LogP) is 1.90. The minimum atomic E-state index is -3.84.